The van der Waals surface area contributed by atoms with Crippen molar-refractivity contribution in [1.82, 2.24) is 4.90 Å². The van der Waals surface area contributed by atoms with Crippen molar-refractivity contribution in [3.63, 3.8) is 0 Å². The second-order valence-electron chi connectivity index (χ2n) is 6.24. The van der Waals surface area contributed by atoms with Crippen molar-refractivity contribution in [1.29, 1.82) is 0 Å². The largest absolute Gasteiger partial charge is 0.508 e. The first-order valence-corrected chi connectivity index (χ1v) is 8.61. The summed E-state index contributed by atoms with van der Waals surface area (Å²) in [6.07, 6.45) is 0. The summed E-state index contributed by atoms with van der Waals surface area (Å²) in [7, 11) is 0. The fourth-order valence-corrected chi connectivity index (χ4v) is 3.27. The molecule has 0 spiro atoms. The number of aromatic hydroxyl groups is 1. The van der Waals surface area contributed by atoms with Crippen molar-refractivity contribution >= 4 is 28.7 Å². The van der Waals surface area contributed by atoms with Crippen LogP contribution in [0.4, 0.5) is 11.4 Å². The van der Waals surface area contributed by atoms with E-state index in [1.54, 1.807) is 12.1 Å². The van der Waals surface area contributed by atoms with Gasteiger partial charge < -0.3 is 20.2 Å². The van der Waals surface area contributed by atoms with Crippen molar-refractivity contribution < 1.29 is 5.11 Å². The first kappa shape index (κ1) is 16.6. The maximum Gasteiger partial charge on any atom is 0.173 e. The molecule has 1 saturated heterocycles. The molecule has 0 amide bonds. The summed E-state index contributed by atoms with van der Waals surface area (Å²) in [5.74, 6) is 0.302. The molecule has 0 aromatic heterocycles. The standard InChI is InChI=1S/C19H23N3OS/c1-14-3-8-18(15(2)13-14)20-19(24)22-11-9-21(10-12-22)16-4-6-17(23)7-5-16/h3-8,13,23H,9-12H2,1-2H3,(H,20,24). The molecule has 2 aromatic carbocycles. The Labute approximate surface area is 148 Å². The van der Waals surface area contributed by atoms with E-state index >= 15 is 0 Å². The lowest BCUT2D eigenvalue weighted by Crippen LogP contribution is -2.50. The van der Waals surface area contributed by atoms with E-state index in [1.165, 1.54) is 11.1 Å². The van der Waals surface area contributed by atoms with Gasteiger partial charge in [-0.2, -0.15) is 0 Å². The molecular weight excluding hydrogens is 318 g/mol. The Kier molecular flexibility index (Phi) is 4.90. The van der Waals surface area contributed by atoms with Gasteiger partial charge in [0.05, 0.1) is 0 Å². The third-order valence-electron chi connectivity index (χ3n) is 4.41. The van der Waals surface area contributed by atoms with Gasteiger partial charge in [0.25, 0.3) is 0 Å². The summed E-state index contributed by atoms with van der Waals surface area (Å²) in [5.41, 5.74) is 4.68. The van der Waals surface area contributed by atoms with Crippen LogP contribution in [0.25, 0.3) is 0 Å². The Morgan fingerprint density at radius 3 is 2.29 bits per heavy atom. The van der Waals surface area contributed by atoms with Crippen LogP contribution in [0.2, 0.25) is 0 Å². The lowest BCUT2D eigenvalue weighted by Gasteiger charge is -2.37. The van der Waals surface area contributed by atoms with E-state index in [2.05, 4.69) is 47.2 Å². The molecule has 1 aliphatic heterocycles. The fraction of sp³-hybridized carbons (Fsp3) is 0.316. The van der Waals surface area contributed by atoms with Gasteiger partial charge in [-0.05, 0) is 62.0 Å². The third-order valence-corrected chi connectivity index (χ3v) is 4.77. The zero-order valence-corrected chi connectivity index (χ0v) is 14.9. The van der Waals surface area contributed by atoms with E-state index in [0.717, 1.165) is 42.7 Å². The Morgan fingerprint density at radius 1 is 1.00 bits per heavy atom. The minimum atomic E-state index is 0.302. The molecule has 0 radical (unpaired) electrons. The van der Waals surface area contributed by atoms with Crippen LogP contribution in [-0.4, -0.2) is 41.3 Å². The highest BCUT2D eigenvalue weighted by molar-refractivity contribution is 7.80. The predicted octanol–water partition coefficient (Wildman–Crippen LogP) is 3.53. The van der Waals surface area contributed by atoms with Gasteiger partial charge in [0.1, 0.15) is 5.75 Å². The highest BCUT2D eigenvalue weighted by atomic mass is 32.1. The molecule has 0 atom stereocenters. The number of nitrogens with one attached hydrogen (secondary N) is 1. The van der Waals surface area contributed by atoms with Crippen molar-refractivity contribution in [3.8, 4) is 5.75 Å². The van der Waals surface area contributed by atoms with E-state index in [9.17, 15) is 5.11 Å². The van der Waals surface area contributed by atoms with Gasteiger partial charge in [-0.25, -0.2) is 0 Å². The van der Waals surface area contributed by atoms with E-state index in [-0.39, 0.29) is 0 Å². The summed E-state index contributed by atoms with van der Waals surface area (Å²) < 4.78 is 0. The fourth-order valence-electron chi connectivity index (χ4n) is 2.98. The molecule has 5 heteroatoms. The highest BCUT2D eigenvalue weighted by Crippen LogP contribution is 2.21. The molecule has 24 heavy (non-hydrogen) atoms. The molecule has 0 unspecified atom stereocenters. The van der Waals surface area contributed by atoms with E-state index in [1.807, 2.05) is 12.1 Å². The van der Waals surface area contributed by atoms with E-state index in [4.69, 9.17) is 12.2 Å². The molecule has 1 heterocycles. The normalized spacial score (nSPS) is 14.6. The summed E-state index contributed by atoms with van der Waals surface area (Å²) in [5, 5.41) is 13.6. The maximum atomic E-state index is 9.40. The van der Waals surface area contributed by atoms with Crippen molar-refractivity contribution in [3.05, 3.63) is 53.6 Å². The van der Waals surface area contributed by atoms with E-state index in [0.29, 0.717) is 5.75 Å². The minimum Gasteiger partial charge on any atom is -0.508 e. The van der Waals surface area contributed by atoms with Gasteiger partial charge in [0, 0.05) is 37.6 Å². The number of aryl methyl sites for hydroxylation is 2. The Balaban J connectivity index is 1.58. The summed E-state index contributed by atoms with van der Waals surface area (Å²) in [6, 6.07) is 13.7. The molecule has 0 aliphatic carbocycles. The quantitative estimate of drug-likeness (QED) is 0.818. The molecule has 0 saturated carbocycles. The number of nitrogens with zero attached hydrogens (tertiary/aromatic N) is 2. The van der Waals surface area contributed by atoms with Crippen LogP contribution < -0.4 is 10.2 Å². The highest BCUT2D eigenvalue weighted by Gasteiger charge is 2.19. The van der Waals surface area contributed by atoms with Crippen LogP contribution in [0.3, 0.4) is 0 Å². The van der Waals surface area contributed by atoms with Crippen molar-refractivity contribution in [2.24, 2.45) is 0 Å². The lowest BCUT2D eigenvalue weighted by atomic mass is 10.1. The van der Waals surface area contributed by atoms with Crippen molar-refractivity contribution in [2.75, 3.05) is 36.4 Å². The number of phenols is 1. The van der Waals surface area contributed by atoms with Crippen LogP contribution in [0.15, 0.2) is 42.5 Å². The average Bonchev–Trinajstić information content (AvgIpc) is 2.58. The number of phenolic OH excluding ortho intramolecular Hbond substituents is 1. The summed E-state index contributed by atoms with van der Waals surface area (Å²) in [4.78, 5) is 4.53. The van der Waals surface area contributed by atoms with E-state index < -0.39 is 0 Å². The molecule has 1 aliphatic rings. The van der Waals surface area contributed by atoms with Gasteiger partial charge in [0.15, 0.2) is 5.11 Å². The Bertz CT molecular complexity index is 722. The molecule has 3 rings (SSSR count). The van der Waals surface area contributed by atoms with Gasteiger partial charge >= 0.3 is 0 Å². The zero-order chi connectivity index (χ0) is 17.1. The monoisotopic (exact) mass is 341 g/mol. The Hall–Kier alpha value is -2.27. The first-order chi connectivity index (χ1) is 11.5. The zero-order valence-electron chi connectivity index (χ0n) is 14.1. The number of piperazine rings is 1. The van der Waals surface area contributed by atoms with Crippen LogP contribution in [-0.2, 0) is 0 Å². The van der Waals surface area contributed by atoms with Gasteiger partial charge in [0.2, 0.25) is 0 Å². The van der Waals surface area contributed by atoms with Crippen LogP contribution in [0.1, 0.15) is 11.1 Å². The average molecular weight is 341 g/mol. The van der Waals surface area contributed by atoms with Crippen LogP contribution in [0, 0.1) is 13.8 Å². The predicted molar refractivity (Wildman–Crippen MR) is 104 cm³/mol. The Morgan fingerprint density at radius 2 is 1.67 bits per heavy atom. The molecule has 126 valence electrons. The smallest absolute Gasteiger partial charge is 0.173 e. The molecular formula is C19H23N3OS. The SMILES string of the molecule is Cc1ccc(NC(=S)N2CCN(c3ccc(O)cc3)CC2)c(C)c1. The molecule has 2 aromatic rings. The van der Waals surface area contributed by atoms with Gasteiger partial charge in [-0.1, -0.05) is 17.7 Å². The van der Waals surface area contributed by atoms with Gasteiger partial charge in [-0.15, -0.1) is 0 Å². The molecule has 2 N–H and O–H groups in total. The number of benzene rings is 2. The number of hydrogen-bond donors (Lipinski definition) is 2. The topological polar surface area (TPSA) is 38.7 Å². The third kappa shape index (κ3) is 3.79. The summed E-state index contributed by atoms with van der Waals surface area (Å²) >= 11 is 5.58. The molecule has 0 bridgehead atoms. The van der Waals surface area contributed by atoms with Gasteiger partial charge in [-0.3, -0.25) is 0 Å². The number of anilines is 2. The minimum absolute atomic E-state index is 0.302. The lowest BCUT2D eigenvalue weighted by molar-refractivity contribution is 0.391. The second kappa shape index (κ2) is 7.09. The number of hydrogen-bond acceptors (Lipinski definition) is 3. The molecule has 1 fully saturated rings. The number of thiocarbonyl (C=S) groups is 1. The van der Waals surface area contributed by atoms with Crippen molar-refractivity contribution in [2.45, 2.75) is 13.8 Å². The summed E-state index contributed by atoms with van der Waals surface area (Å²) in [6.45, 7) is 7.80. The molecule has 4 nitrogen and oxygen atoms in total. The maximum absolute atomic E-state index is 9.40. The second-order valence-corrected chi connectivity index (χ2v) is 6.63. The number of rotatable bonds is 2. The van der Waals surface area contributed by atoms with Crippen LogP contribution in [0.5, 0.6) is 5.75 Å². The first-order valence-electron chi connectivity index (χ1n) is 8.20. The van der Waals surface area contributed by atoms with Crippen LogP contribution >= 0.6 is 12.2 Å².